The molecule has 0 bridgehead atoms. The second kappa shape index (κ2) is 5.39. The average Bonchev–Trinajstić information content (AvgIpc) is 3.12. The van der Waals surface area contributed by atoms with Crippen LogP contribution in [0.4, 0.5) is 10.5 Å². The maximum absolute atomic E-state index is 11.4. The molecule has 96 valence electrons. The van der Waals surface area contributed by atoms with Gasteiger partial charge in [0.05, 0.1) is 0 Å². The maximum atomic E-state index is 11.4. The van der Waals surface area contributed by atoms with E-state index in [0.29, 0.717) is 11.4 Å². The number of carbonyl (C=O) groups is 2. The third-order valence-electron chi connectivity index (χ3n) is 2.42. The number of hydrogen-bond acceptors (Lipinski definition) is 4. The molecule has 18 heavy (non-hydrogen) atoms. The number of urea groups is 1. The lowest BCUT2D eigenvalue weighted by Crippen LogP contribution is -2.42. The summed E-state index contributed by atoms with van der Waals surface area (Å²) in [6.45, 7) is -0.206. The van der Waals surface area contributed by atoms with E-state index < -0.39 is 11.9 Å². The van der Waals surface area contributed by atoms with Crippen LogP contribution in [-0.2, 0) is 4.79 Å². The predicted octanol–water partition coefficient (Wildman–Crippen LogP) is 0.636. The van der Waals surface area contributed by atoms with Crippen molar-refractivity contribution in [2.45, 2.75) is 18.9 Å². The monoisotopic (exact) mass is 249 g/mol. The topological polar surface area (TPSA) is 93.4 Å². The summed E-state index contributed by atoms with van der Waals surface area (Å²) in [6.07, 6.45) is 1.95. The zero-order valence-electron chi connectivity index (χ0n) is 9.81. The molecular formula is C12H15N3O3. The zero-order valence-corrected chi connectivity index (χ0v) is 9.81. The molecule has 0 aromatic heterocycles. The number of ether oxygens (including phenoxy) is 1. The van der Waals surface area contributed by atoms with Gasteiger partial charge in [-0.3, -0.25) is 10.1 Å². The van der Waals surface area contributed by atoms with Gasteiger partial charge in [0.1, 0.15) is 5.75 Å². The first kappa shape index (κ1) is 12.2. The van der Waals surface area contributed by atoms with Crippen LogP contribution in [0.15, 0.2) is 24.3 Å². The van der Waals surface area contributed by atoms with Gasteiger partial charge in [0.15, 0.2) is 6.61 Å². The number of carbonyl (C=O) groups excluding carboxylic acids is 2. The Hall–Kier alpha value is -2.24. The van der Waals surface area contributed by atoms with Gasteiger partial charge in [-0.2, -0.15) is 0 Å². The van der Waals surface area contributed by atoms with E-state index in [-0.39, 0.29) is 12.6 Å². The quantitative estimate of drug-likeness (QED) is 0.682. The molecular weight excluding hydrogens is 234 g/mol. The number of benzene rings is 1. The van der Waals surface area contributed by atoms with Crippen molar-refractivity contribution in [1.82, 2.24) is 10.6 Å². The fraction of sp³-hybridized carbons (Fsp3) is 0.333. The van der Waals surface area contributed by atoms with Crippen molar-refractivity contribution in [3.05, 3.63) is 24.3 Å². The first-order valence-corrected chi connectivity index (χ1v) is 5.72. The van der Waals surface area contributed by atoms with E-state index in [1.807, 2.05) is 0 Å². The Balaban J connectivity index is 1.70. The van der Waals surface area contributed by atoms with Gasteiger partial charge in [-0.15, -0.1) is 0 Å². The van der Waals surface area contributed by atoms with Crippen LogP contribution in [0.2, 0.25) is 0 Å². The van der Waals surface area contributed by atoms with Gasteiger partial charge in [-0.25, -0.2) is 4.79 Å². The standard InChI is InChI=1S/C12H15N3O3/c13-8-1-5-10(6-2-8)18-7-11(16)15-12(17)14-9-3-4-9/h1-2,5-6,9H,3-4,7,13H2,(H2,14,15,16,17). The highest BCUT2D eigenvalue weighted by Crippen LogP contribution is 2.18. The molecule has 1 aliphatic rings. The minimum absolute atomic E-state index is 0.206. The number of hydrogen-bond donors (Lipinski definition) is 3. The highest BCUT2D eigenvalue weighted by molar-refractivity contribution is 5.95. The molecule has 0 radical (unpaired) electrons. The Labute approximate surface area is 104 Å². The first-order chi connectivity index (χ1) is 8.63. The van der Waals surface area contributed by atoms with Gasteiger partial charge in [0.2, 0.25) is 0 Å². The second-order valence-electron chi connectivity index (χ2n) is 4.15. The summed E-state index contributed by atoms with van der Waals surface area (Å²) < 4.78 is 5.20. The molecule has 0 heterocycles. The third-order valence-corrected chi connectivity index (χ3v) is 2.42. The van der Waals surface area contributed by atoms with Crippen LogP contribution in [0, 0.1) is 0 Å². The summed E-state index contributed by atoms with van der Waals surface area (Å²) in [5.74, 6) is 0.0481. The molecule has 0 unspecified atom stereocenters. The molecule has 2 rings (SSSR count). The Morgan fingerprint density at radius 1 is 1.28 bits per heavy atom. The molecule has 1 aliphatic carbocycles. The van der Waals surface area contributed by atoms with Crippen LogP contribution < -0.4 is 21.1 Å². The van der Waals surface area contributed by atoms with Crippen LogP contribution >= 0.6 is 0 Å². The van der Waals surface area contributed by atoms with Crippen LogP contribution in [0.1, 0.15) is 12.8 Å². The summed E-state index contributed by atoms with van der Waals surface area (Å²) in [7, 11) is 0. The highest BCUT2D eigenvalue weighted by Gasteiger charge is 2.23. The lowest BCUT2D eigenvalue weighted by atomic mass is 10.3. The highest BCUT2D eigenvalue weighted by atomic mass is 16.5. The Bertz CT molecular complexity index is 440. The lowest BCUT2D eigenvalue weighted by molar-refractivity contribution is -0.122. The predicted molar refractivity (Wildman–Crippen MR) is 66.0 cm³/mol. The zero-order chi connectivity index (χ0) is 13.0. The van der Waals surface area contributed by atoms with E-state index in [1.54, 1.807) is 24.3 Å². The largest absolute Gasteiger partial charge is 0.484 e. The number of anilines is 1. The number of nitrogens with two attached hydrogens (primary N) is 1. The number of amides is 3. The van der Waals surface area contributed by atoms with Crippen molar-refractivity contribution in [1.29, 1.82) is 0 Å². The van der Waals surface area contributed by atoms with Crippen molar-refractivity contribution < 1.29 is 14.3 Å². The van der Waals surface area contributed by atoms with Gasteiger partial charge >= 0.3 is 6.03 Å². The number of nitrogens with one attached hydrogen (secondary N) is 2. The van der Waals surface area contributed by atoms with Crippen molar-refractivity contribution >= 4 is 17.6 Å². The van der Waals surface area contributed by atoms with E-state index in [0.717, 1.165) is 12.8 Å². The van der Waals surface area contributed by atoms with Crippen LogP contribution in [-0.4, -0.2) is 24.6 Å². The molecule has 6 heteroatoms. The molecule has 1 fully saturated rings. The van der Waals surface area contributed by atoms with Gasteiger partial charge in [0, 0.05) is 11.7 Å². The summed E-state index contributed by atoms with van der Waals surface area (Å²) in [6, 6.07) is 6.42. The molecule has 0 atom stereocenters. The van der Waals surface area contributed by atoms with Gasteiger partial charge < -0.3 is 15.8 Å². The van der Waals surface area contributed by atoms with Crippen LogP contribution in [0.5, 0.6) is 5.75 Å². The van der Waals surface area contributed by atoms with Crippen LogP contribution in [0.25, 0.3) is 0 Å². The van der Waals surface area contributed by atoms with Gasteiger partial charge in [0.25, 0.3) is 5.91 Å². The SMILES string of the molecule is Nc1ccc(OCC(=O)NC(=O)NC2CC2)cc1. The number of imide groups is 1. The molecule has 1 aromatic carbocycles. The van der Waals surface area contributed by atoms with E-state index in [1.165, 1.54) is 0 Å². The molecule has 4 N–H and O–H groups in total. The van der Waals surface area contributed by atoms with E-state index in [4.69, 9.17) is 10.5 Å². The Morgan fingerprint density at radius 2 is 1.94 bits per heavy atom. The van der Waals surface area contributed by atoms with Crippen molar-refractivity contribution in [2.75, 3.05) is 12.3 Å². The molecule has 0 spiro atoms. The normalized spacial score (nSPS) is 13.8. The number of rotatable bonds is 4. The molecule has 1 aromatic rings. The molecule has 3 amide bonds. The molecule has 6 nitrogen and oxygen atoms in total. The summed E-state index contributed by atoms with van der Waals surface area (Å²) in [5, 5.41) is 4.84. The second-order valence-corrected chi connectivity index (χ2v) is 4.15. The van der Waals surface area contributed by atoms with Crippen molar-refractivity contribution in [2.24, 2.45) is 0 Å². The minimum Gasteiger partial charge on any atom is -0.484 e. The van der Waals surface area contributed by atoms with E-state index >= 15 is 0 Å². The van der Waals surface area contributed by atoms with Crippen molar-refractivity contribution in [3.63, 3.8) is 0 Å². The molecule has 0 saturated heterocycles. The summed E-state index contributed by atoms with van der Waals surface area (Å²) in [5.41, 5.74) is 6.13. The summed E-state index contributed by atoms with van der Waals surface area (Å²) in [4.78, 5) is 22.6. The van der Waals surface area contributed by atoms with Gasteiger partial charge in [-0.1, -0.05) is 0 Å². The molecule has 0 aliphatic heterocycles. The Morgan fingerprint density at radius 3 is 2.56 bits per heavy atom. The lowest BCUT2D eigenvalue weighted by Gasteiger charge is -2.07. The van der Waals surface area contributed by atoms with E-state index in [9.17, 15) is 9.59 Å². The third kappa shape index (κ3) is 3.97. The smallest absolute Gasteiger partial charge is 0.321 e. The average molecular weight is 249 g/mol. The summed E-state index contributed by atoms with van der Waals surface area (Å²) >= 11 is 0. The van der Waals surface area contributed by atoms with Crippen molar-refractivity contribution in [3.8, 4) is 5.75 Å². The first-order valence-electron chi connectivity index (χ1n) is 5.72. The van der Waals surface area contributed by atoms with Gasteiger partial charge in [-0.05, 0) is 37.1 Å². The maximum Gasteiger partial charge on any atom is 0.321 e. The van der Waals surface area contributed by atoms with E-state index in [2.05, 4.69) is 10.6 Å². The molecule has 1 saturated carbocycles. The fourth-order valence-electron chi connectivity index (χ4n) is 1.32. The fourth-order valence-corrected chi connectivity index (χ4v) is 1.32. The minimum atomic E-state index is -0.482. The number of nitrogen functional groups attached to an aromatic ring is 1. The van der Waals surface area contributed by atoms with Crippen LogP contribution in [0.3, 0.4) is 0 Å². The Kier molecular flexibility index (Phi) is 3.66.